The van der Waals surface area contributed by atoms with Crippen LogP contribution in [0.3, 0.4) is 0 Å². The molecule has 0 spiro atoms. The Balaban J connectivity index is 2.86. The Morgan fingerprint density at radius 1 is 1.62 bits per heavy atom. The normalized spacial score (nSPS) is 13.9. The van der Waals surface area contributed by atoms with E-state index in [2.05, 4.69) is 0 Å². The molecule has 49 valence electrons. The Morgan fingerprint density at radius 3 is 2.62 bits per heavy atom. The summed E-state index contributed by atoms with van der Waals surface area (Å²) in [6, 6.07) is 0. The van der Waals surface area contributed by atoms with E-state index in [1.54, 1.807) is 0 Å². The molecule has 0 rings (SSSR count). The lowest BCUT2D eigenvalue weighted by molar-refractivity contribution is 0.0488. The van der Waals surface area contributed by atoms with Crippen LogP contribution in [0.15, 0.2) is 0 Å². The molecule has 0 bridgehead atoms. The van der Waals surface area contributed by atoms with Crippen LogP contribution in [0.5, 0.6) is 0 Å². The fourth-order valence-corrected chi connectivity index (χ4v) is 0.523. The van der Waals surface area contributed by atoms with Gasteiger partial charge in [0.15, 0.2) is 0 Å². The number of aliphatic hydroxyl groups is 1. The molecule has 2 nitrogen and oxygen atoms in total. The quantitative estimate of drug-likeness (QED) is 0.585. The van der Waals surface area contributed by atoms with Gasteiger partial charge in [-0.05, 0) is 6.42 Å². The molecule has 2 heteroatoms. The van der Waals surface area contributed by atoms with Gasteiger partial charge >= 0.3 is 0 Å². The Kier molecular flexibility index (Phi) is 5.01. The molecule has 0 heterocycles. The van der Waals surface area contributed by atoms with Crippen molar-refractivity contribution in [2.45, 2.75) is 32.3 Å². The highest BCUT2D eigenvalue weighted by Gasteiger charge is 1.99. The molecule has 1 atom stereocenters. The Bertz CT molecular complexity index is 45.8. The Labute approximate surface area is 50.2 Å². The maximum absolute atomic E-state index is 9.89. The summed E-state index contributed by atoms with van der Waals surface area (Å²) in [5.41, 5.74) is 0. The molecular weight excluding hydrogens is 104 g/mol. The first-order chi connectivity index (χ1) is 3.81. The van der Waals surface area contributed by atoms with Crippen molar-refractivity contribution in [1.82, 2.24) is 0 Å². The van der Waals surface area contributed by atoms with Gasteiger partial charge in [0.2, 0.25) is 0 Å². The molecule has 0 fully saturated rings. The number of hydrogen-bond acceptors (Lipinski definition) is 1. The van der Waals surface area contributed by atoms with Crippen LogP contribution in [0.2, 0.25) is 0 Å². The van der Waals surface area contributed by atoms with E-state index >= 15 is 0 Å². The number of hydrogen-bond donors (Lipinski definition) is 1. The van der Waals surface area contributed by atoms with Gasteiger partial charge in [-0.3, -0.25) is 0 Å². The minimum atomic E-state index is -0.602. The van der Waals surface area contributed by atoms with Crippen molar-refractivity contribution in [1.29, 1.82) is 0 Å². The van der Waals surface area contributed by atoms with E-state index in [0.717, 1.165) is 12.8 Å². The van der Waals surface area contributed by atoms with Gasteiger partial charge in [-0.2, -0.15) is 0 Å². The van der Waals surface area contributed by atoms with Crippen LogP contribution < -0.4 is 0 Å². The van der Waals surface area contributed by atoms with Crippen molar-refractivity contribution in [3.8, 4) is 0 Å². The first kappa shape index (κ1) is 7.92. The van der Waals surface area contributed by atoms with Gasteiger partial charge in [0, 0.05) is 0 Å². The number of rotatable bonds is 4. The van der Waals surface area contributed by atoms with Crippen LogP contribution in [-0.4, -0.2) is 17.8 Å². The highest BCUT2D eigenvalue weighted by molar-refractivity contribution is 4.50. The van der Waals surface area contributed by atoms with Gasteiger partial charge in [-0.25, -0.2) is 5.11 Å². The lowest BCUT2D eigenvalue weighted by Crippen LogP contribution is -2.09. The van der Waals surface area contributed by atoms with Crippen molar-refractivity contribution in [3.05, 3.63) is 0 Å². The van der Waals surface area contributed by atoms with E-state index in [-0.39, 0.29) is 6.61 Å². The van der Waals surface area contributed by atoms with Crippen molar-refractivity contribution >= 4 is 0 Å². The van der Waals surface area contributed by atoms with Crippen molar-refractivity contribution in [3.63, 3.8) is 0 Å². The zero-order valence-corrected chi connectivity index (χ0v) is 5.26. The fraction of sp³-hybridized carbons (Fsp3) is 1.00. The van der Waals surface area contributed by atoms with Crippen molar-refractivity contribution in [2.24, 2.45) is 0 Å². The van der Waals surface area contributed by atoms with Crippen LogP contribution in [-0.2, 0) is 5.11 Å². The van der Waals surface area contributed by atoms with Gasteiger partial charge in [0.1, 0.15) is 6.61 Å². The topological polar surface area (TPSA) is 40.1 Å². The lowest BCUT2D eigenvalue weighted by atomic mass is 10.2. The van der Waals surface area contributed by atoms with E-state index in [1.165, 1.54) is 0 Å². The Morgan fingerprint density at radius 2 is 2.25 bits per heavy atom. The van der Waals surface area contributed by atoms with Gasteiger partial charge < -0.3 is 5.11 Å². The molecule has 0 saturated carbocycles. The monoisotopic (exact) mass is 117 g/mol. The molecule has 0 amide bonds. The molecule has 0 aliphatic heterocycles. The first-order valence-corrected chi connectivity index (χ1v) is 3.07. The molecule has 0 aromatic rings. The second-order valence-corrected chi connectivity index (χ2v) is 1.96. The van der Waals surface area contributed by atoms with E-state index in [1.807, 2.05) is 6.92 Å². The highest BCUT2D eigenvalue weighted by Crippen LogP contribution is 1.98. The van der Waals surface area contributed by atoms with Gasteiger partial charge in [-0.1, -0.05) is 19.8 Å². The molecule has 1 N–H and O–H groups in total. The van der Waals surface area contributed by atoms with Crippen LogP contribution in [0.4, 0.5) is 0 Å². The molecule has 0 aliphatic carbocycles. The predicted molar refractivity (Wildman–Crippen MR) is 31.1 cm³/mol. The third-order valence-corrected chi connectivity index (χ3v) is 1.08. The lowest BCUT2D eigenvalue weighted by Gasteiger charge is -2.01. The van der Waals surface area contributed by atoms with E-state index < -0.39 is 6.10 Å². The molecule has 0 aromatic carbocycles. The summed E-state index contributed by atoms with van der Waals surface area (Å²) in [5, 5.41) is 18.6. The zero-order chi connectivity index (χ0) is 6.41. The third-order valence-electron chi connectivity index (χ3n) is 1.08. The minimum absolute atomic E-state index is 0.347. The second-order valence-electron chi connectivity index (χ2n) is 1.96. The summed E-state index contributed by atoms with van der Waals surface area (Å²) in [5.74, 6) is 0. The van der Waals surface area contributed by atoms with Crippen LogP contribution in [0.1, 0.15) is 26.2 Å². The molecule has 8 heavy (non-hydrogen) atoms. The zero-order valence-electron chi connectivity index (χ0n) is 5.26. The van der Waals surface area contributed by atoms with Crippen LogP contribution >= 0.6 is 0 Å². The molecule has 1 radical (unpaired) electrons. The van der Waals surface area contributed by atoms with E-state index in [9.17, 15) is 5.11 Å². The maximum atomic E-state index is 9.89. The molecule has 0 aromatic heterocycles. The second kappa shape index (κ2) is 5.06. The molecule has 0 saturated heterocycles. The van der Waals surface area contributed by atoms with E-state index in [4.69, 9.17) is 5.11 Å². The summed E-state index contributed by atoms with van der Waals surface area (Å²) in [4.78, 5) is 0. The minimum Gasteiger partial charge on any atom is -0.391 e. The summed E-state index contributed by atoms with van der Waals surface area (Å²) in [6.45, 7) is 1.69. The summed E-state index contributed by atoms with van der Waals surface area (Å²) >= 11 is 0. The van der Waals surface area contributed by atoms with Crippen LogP contribution in [0.25, 0.3) is 0 Å². The van der Waals surface area contributed by atoms with Gasteiger partial charge in [-0.15, -0.1) is 0 Å². The average Bonchev–Trinajstić information content (AvgIpc) is 1.83. The fourth-order valence-electron chi connectivity index (χ4n) is 0.523. The third kappa shape index (κ3) is 4.09. The molecular formula is C6H13O2. The molecule has 0 aliphatic rings. The number of unbranched alkanes of at least 4 members (excludes halogenated alkanes) is 1. The highest BCUT2D eigenvalue weighted by atomic mass is 16.3. The predicted octanol–water partition coefficient (Wildman–Crippen LogP) is 0.968. The van der Waals surface area contributed by atoms with Crippen molar-refractivity contribution in [2.75, 3.05) is 6.61 Å². The van der Waals surface area contributed by atoms with Crippen molar-refractivity contribution < 1.29 is 10.2 Å². The average molecular weight is 117 g/mol. The summed E-state index contributed by atoms with van der Waals surface area (Å²) < 4.78 is 0. The van der Waals surface area contributed by atoms with E-state index in [0.29, 0.717) is 6.42 Å². The number of aliphatic hydroxyl groups excluding tert-OH is 1. The van der Waals surface area contributed by atoms with Gasteiger partial charge in [0.05, 0.1) is 6.10 Å². The SMILES string of the molecule is CCCC[C@@H](O)C[O]. The Hall–Kier alpha value is -0.0800. The maximum Gasteiger partial charge on any atom is 0.108 e. The standard InChI is InChI=1S/C6H13O2/c1-2-3-4-6(8)5-7/h6,8H,2-5H2,1H3/t6-/m1/s1. The summed E-state index contributed by atoms with van der Waals surface area (Å²) in [7, 11) is 0. The van der Waals surface area contributed by atoms with Gasteiger partial charge in [0.25, 0.3) is 0 Å². The molecule has 0 unspecified atom stereocenters. The smallest absolute Gasteiger partial charge is 0.108 e. The largest absolute Gasteiger partial charge is 0.391 e. The van der Waals surface area contributed by atoms with Crippen LogP contribution in [0, 0.1) is 0 Å². The summed E-state index contributed by atoms with van der Waals surface area (Å²) in [6.07, 6.45) is 2.08. The first-order valence-electron chi connectivity index (χ1n) is 3.07.